The molecule has 7 nitrogen and oxygen atoms in total. The smallest absolute Gasteiger partial charge is 0.253 e. The van der Waals surface area contributed by atoms with E-state index in [1.54, 1.807) is 0 Å². The molecule has 0 spiro atoms. The van der Waals surface area contributed by atoms with Crippen LogP contribution in [0.2, 0.25) is 0 Å². The number of pyridine rings is 1. The molecular formula is C27H39N5O2. The number of anilines is 2. The number of piperazine rings is 1. The fourth-order valence-electron chi connectivity index (χ4n) is 5.39. The molecule has 2 aliphatic rings. The molecule has 7 heteroatoms. The summed E-state index contributed by atoms with van der Waals surface area (Å²) in [6.45, 7) is 9.97. The summed E-state index contributed by atoms with van der Waals surface area (Å²) in [6, 6.07) is 6.77. The third kappa shape index (κ3) is 5.14. The Bertz CT molecular complexity index is 1090. The summed E-state index contributed by atoms with van der Waals surface area (Å²) in [5, 5.41) is 3.03. The van der Waals surface area contributed by atoms with E-state index in [0.29, 0.717) is 17.2 Å². The lowest BCUT2D eigenvalue weighted by atomic mass is 10.0. The summed E-state index contributed by atoms with van der Waals surface area (Å²) in [5.74, 6) is -0.131. The second kappa shape index (κ2) is 10.2. The van der Waals surface area contributed by atoms with E-state index in [-0.39, 0.29) is 18.0 Å². The highest BCUT2D eigenvalue weighted by molar-refractivity contribution is 5.98. The lowest BCUT2D eigenvalue weighted by Crippen LogP contribution is -2.44. The number of nitrogens with one attached hydrogen (secondary N) is 2. The van der Waals surface area contributed by atoms with E-state index < -0.39 is 0 Å². The van der Waals surface area contributed by atoms with Crippen LogP contribution in [0.1, 0.15) is 58.4 Å². The average Bonchev–Trinajstić information content (AvgIpc) is 3.33. The maximum atomic E-state index is 13.4. The predicted octanol–water partition coefficient (Wildman–Crippen LogP) is 3.36. The summed E-state index contributed by atoms with van der Waals surface area (Å²) in [6.07, 6.45) is 4.94. The van der Waals surface area contributed by atoms with Crippen LogP contribution >= 0.6 is 0 Å². The number of carbonyl (C=O) groups excluding carboxylic acids is 1. The number of aromatic nitrogens is 1. The molecule has 2 fully saturated rings. The summed E-state index contributed by atoms with van der Waals surface area (Å²) in [7, 11) is 4.32. The molecule has 2 heterocycles. The first-order valence-electron chi connectivity index (χ1n) is 12.5. The second-order valence-electron chi connectivity index (χ2n) is 10.1. The van der Waals surface area contributed by atoms with Crippen molar-refractivity contribution in [3.05, 3.63) is 56.5 Å². The third-order valence-electron chi connectivity index (χ3n) is 7.65. The Hall–Kier alpha value is -2.80. The number of aromatic amines is 1. The van der Waals surface area contributed by atoms with Gasteiger partial charge in [-0.25, -0.2) is 0 Å². The number of carbonyl (C=O) groups is 1. The molecule has 0 atom stereocenters. The van der Waals surface area contributed by atoms with Crippen LogP contribution in [0.3, 0.4) is 0 Å². The number of rotatable bonds is 6. The molecular weight excluding hydrogens is 426 g/mol. The van der Waals surface area contributed by atoms with Crippen LogP contribution in [-0.2, 0) is 6.54 Å². The molecule has 1 amide bonds. The zero-order valence-electron chi connectivity index (χ0n) is 21.3. The Morgan fingerprint density at radius 3 is 2.41 bits per heavy atom. The zero-order chi connectivity index (χ0) is 24.4. The van der Waals surface area contributed by atoms with Crippen molar-refractivity contribution in [2.24, 2.45) is 0 Å². The van der Waals surface area contributed by atoms with Crippen LogP contribution in [0.4, 0.5) is 11.4 Å². The molecule has 1 aromatic carbocycles. The fraction of sp³-hybridized carbons (Fsp3) is 0.556. The maximum Gasteiger partial charge on any atom is 0.253 e. The molecule has 2 N–H and O–H groups in total. The highest BCUT2D eigenvalue weighted by atomic mass is 16.1. The molecule has 0 bridgehead atoms. The number of H-pyrrole nitrogens is 1. The van der Waals surface area contributed by atoms with Gasteiger partial charge < -0.3 is 25.0 Å². The average molecular weight is 466 g/mol. The Labute approximate surface area is 203 Å². The van der Waals surface area contributed by atoms with Gasteiger partial charge in [-0.2, -0.15) is 0 Å². The van der Waals surface area contributed by atoms with Crippen molar-refractivity contribution < 1.29 is 4.79 Å². The number of hydrogen-bond acceptors (Lipinski definition) is 5. The Morgan fingerprint density at radius 2 is 1.76 bits per heavy atom. The Morgan fingerprint density at radius 1 is 1.09 bits per heavy atom. The van der Waals surface area contributed by atoms with Crippen LogP contribution in [0, 0.1) is 20.8 Å². The van der Waals surface area contributed by atoms with E-state index in [0.717, 1.165) is 54.4 Å². The highest BCUT2D eigenvalue weighted by Crippen LogP contribution is 2.34. The largest absolute Gasteiger partial charge is 0.371 e. The monoisotopic (exact) mass is 465 g/mol. The molecule has 1 aliphatic carbocycles. The van der Waals surface area contributed by atoms with E-state index in [2.05, 4.69) is 45.2 Å². The lowest BCUT2D eigenvalue weighted by Gasteiger charge is -2.36. The van der Waals surface area contributed by atoms with E-state index in [4.69, 9.17) is 0 Å². The van der Waals surface area contributed by atoms with E-state index in [1.807, 2.05) is 32.9 Å². The van der Waals surface area contributed by atoms with Gasteiger partial charge in [0.1, 0.15) is 0 Å². The van der Waals surface area contributed by atoms with Gasteiger partial charge in [-0.3, -0.25) is 9.59 Å². The highest BCUT2D eigenvalue weighted by Gasteiger charge is 2.25. The normalized spacial score (nSPS) is 17.3. The maximum absolute atomic E-state index is 13.4. The molecule has 184 valence electrons. The quantitative estimate of drug-likeness (QED) is 0.685. The minimum absolute atomic E-state index is 0.131. The van der Waals surface area contributed by atoms with Crippen LogP contribution < -0.4 is 20.7 Å². The van der Waals surface area contributed by atoms with Crippen LogP contribution in [-0.4, -0.2) is 62.1 Å². The van der Waals surface area contributed by atoms with Gasteiger partial charge in [-0.05, 0) is 70.0 Å². The van der Waals surface area contributed by atoms with Crippen LogP contribution in [0.5, 0.6) is 0 Å². The molecule has 2 aromatic rings. The zero-order valence-corrected chi connectivity index (χ0v) is 21.3. The molecule has 1 saturated carbocycles. The van der Waals surface area contributed by atoms with Gasteiger partial charge in [-0.15, -0.1) is 0 Å². The van der Waals surface area contributed by atoms with Gasteiger partial charge in [0, 0.05) is 74.0 Å². The number of likely N-dealkylation sites (N-methyl/N-ethyl adjacent to an activating group) is 1. The summed E-state index contributed by atoms with van der Waals surface area (Å²) in [5.41, 5.74) is 6.12. The van der Waals surface area contributed by atoms with Crippen LogP contribution in [0.15, 0.2) is 23.0 Å². The lowest BCUT2D eigenvalue weighted by molar-refractivity contribution is 0.0950. The number of hydrogen-bond donors (Lipinski definition) is 2. The number of benzene rings is 1. The minimum Gasteiger partial charge on any atom is -0.371 e. The summed E-state index contributed by atoms with van der Waals surface area (Å²) >= 11 is 0. The van der Waals surface area contributed by atoms with Gasteiger partial charge in [0.2, 0.25) is 0 Å². The summed E-state index contributed by atoms with van der Waals surface area (Å²) < 4.78 is 0. The predicted molar refractivity (Wildman–Crippen MR) is 139 cm³/mol. The molecule has 1 aromatic heterocycles. The number of amides is 1. The summed E-state index contributed by atoms with van der Waals surface area (Å²) in [4.78, 5) is 35.8. The van der Waals surface area contributed by atoms with Gasteiger partial charge in [0.15, 0.2) is 0 Å². The number of aryl methyl sites for hydroxylation is 2. The molecule has 1 aliphatic heterocycles. The molecule has 1 saturated heterocycles. The van der Waals surface area contributed by atoms with Crippen molar-refractivity contribution in [3.8, 4) is 0 Å². The van der Waals surface area contributed by atoms with Crippen LogP contribution in [0.25, 0.3) is 0 Å². The fourth-order valence-corrected chi connectivity index (χ4v) is 5.39. The van der Waals surface area contributed by atoms with Crippen molar-refractivity contribution in [2.75, 3.05) is 50.1 Å². The molecule has 34 heavy (non-hydrogen) atoms. The Balaban J connectivity index is 1.64. The van der Waals surface area contributed by atoms with Gasteiger partial charge >= 0.3 is 0 Å². The first-order chi connectivity index (χ1) is 16.2. The first kappa shape index (κ1) is 24.3. The van der Waals surface area contributed by atoms with Crippen molar-refractivity contribution >= 4 is 17.3 Å². The Kier molecular flexibility index (Phi) is 7.31. The van der Waals surface area contributed by atoms with Gasteiger partial charge in [0.05, 0.1) is 0 Å². The van der Waals surface area contributed by atoms with Crippen molar-refractivity contribution in [3.63, 3.8) is 0 Å². The van der Waals surface area contributed by atoms with Gasteiger partial charge in [-0.1, -0.05) is 12.8 Å². The first-order valence-corrected chi connectivity index (χ1v) is 12.5. The standard InChI is InChI=1S/C27H39N5O2/c1-18-14-19(2)29-27(34)24(18)17-28-26(33)23-15-22(32-12-10-30(4)11-13-32)16-25(20(23)3)31(5)21-8-6-7-9-21/h14-16,21H,6-13,17H2,1-5H3,(H,28,33)(H,29,34). The van der Waals surface area contributed by atoms with E-state index in [1.165, 1.54) is 25.7 Å². The molecule has 0 radical (unpaired) electrons. The molecule has 4 rings (SSSR count). The van der Waals surface area contributed by atoms with Crippen molar-refractivity contribution in [1.82, 2.24) is 15.2 Å². The minimum atomic E-state index is -0.137. The topological polar surface area (TPSA) is 71.7 Å². The second-order valence-corrected chi connectivity index (χ2v) is 10.1. The van der Waals surface area contributed by atoms with E-state index in [9.17, 15) is 9.59 Å². The number of nitrogens with zero attached hydrogens (tertiary/aromatic N) is 3. The molecule has 0 unspecified atom stereocenters. The van der Waals surface area contributed by atoms with Gasteiger partial charge in [0.25, 0.3) is 11.5 Å². The third-order valence-corrected chi connectivity index (χ3v) is 7.65. The van der Waals surface area contributed by atoms with Crippen molar-refractivity contribution in [1.29, 1.82) is 0 Å². The SMILES string of the molecule is Cc1cc(C)c(CNC(=O)c2cc(N3CCN(C)CC3)cc(N(C)C3CCCC3)c2C)c(=O)[nH]1. The van der Waals surface area contributed by atoms with Crippen molar-refractivity contribution in [2.45, 2.75) is 59.0 Å². The van der Waals surface area contributed by atoms with E-state index >= 15 is 0 Å².